The second-order valence-corrected chi connectivity index (χ2v) is 5.71. The van der Waals surface area contributed by atoms with Crippen LogP contribution in [0.1, 0.15) is 20.7 Å². The van der Waals surface area contributed by atoms with Gasteiger partial charge in [-0.25, -0.2) is 14.0 Å². The molecular weight excluding hydrogens is 343 g/mol. The van der Waals surface area contributed by atoms with E-state index in [0.29, 0.717) is 5.56 Å². The molecule has 2 unspecified atom stereocenters. The Morgan fingerprint density at radius 1 is 0.962 bits per heavy atom. The van der Waals surface area contributed by atoms with Gasteiger partial charge < -0.3 is 19.3 Å². The Morgan fingerprint density at radius 3 is 2.08 bits per heavy atom. The number of hydrogen-bond donors (Lipinski definition) is 1. The molecule has 0 saturated carbocycles. The van der Waals surface area contributed by atoms with Gasteiger partial charge in [-0.3, -0.25) is 0 Å². The van der Waals surface area contributed by atoms with E-state index in [1.807, 2.05) is 0 Å². The number of rotatable bonds is 5. The van der Waals surface area contributed by atoms with E-state index < -0.39 is 36.6 Å². The quantitative estimate of drug-likeness (QED) is 0.823. The van der Waals surface area contributed by atoms with Gasteiger partial charge in [0, 0.05) is 0 Å². The fourth-order valence-corrected chi connectivity index (χ4v) is 2.56. The normalized spacial score (nSPS) is 24.8. The van der Waals surface area contributed by atoms with E-state index in [1.165, 1.54) is 12.1 Å². The van der Waals surface area contributed by atoms with E-state index in [1.54, 1.807) is 48.5 Å². The highest BCUT2D eigenvalue weighted by Crippen LogP contribution is 2.26. The molecule has 4 atom stereocenters. The van der Waals surface area contributed by atoms with Crippen molar-refractivity contribution in [1.29, 1.82) is 0 Å². The van der Waals surface area contributed by atoms with E-state index in [0.717, 1.165) is 0 Å². The lowest BCUT2D eigenvalue weighted by atomic mass is 10.1. The van der Waals surface area contributed by atoms with Crippen molar-refractivity contribution < 1.29 is 33.3 Å². The van der Waals surface area contributed by atoms with Crippen molar-refractivity contribution >= 4 is 11.9 Å². The summed E-state index contributed by atoms with van der Waals surface area (Å²) >= 11 is 0. The molecule has 1 aliphatic heterocycles. The van der Waals surface area contributed by atoms with E-state index in [2.05, 4.69) is 0 Å². The van der Waals surface area contributed by atoms with Gasteiger partial charge >= 0.3 is 11.9 Å². The Labute approximate surface area is 149 Å². The largest absolute Gasteiger partial charge is 0.459 e. The van der Waals surface area contributed by atoms with E-state index in [4.69, 9.17) is 14.2 Å². The first-order valence-electron chi connectivity index (χ1n) is 8.02. The minimum absolute atomic E-state index is 0.237. The molecule has 0 aliphatic carbocycles. The van der Waals surface area contributed by atoms with Crippen molar-refractivity contribution in [2.75, 3.05) is 6.61 Å². The topological polar surface area (TPSA) is 82.1 Å². The Kier molecular flexibility index (Phi) is 5.60. The van der Waals surface area contributed by atoms with Crippen LogP contribution < -0.4 is 0 Å². The zero-order chi connectivity index (χ0) is 18.5. The molecule has 2 aromatic rings. The summed E-state index contributed by atoms with van der Waals surface area (Å²) in [7, 11) is 0. The maximum absolute atomic E-state index is 14.2. The van der Waals surface area contributed by atoms with Crippen LogP contribution in [0.4, 0.5) is 4.39 Å². The van der Waals surface area contributed by atoms with Crippen molar-refractivity contribution in [3.05, 3.63) is 71.8 Å². The van der Waals surface area contributed by atoms with Crippen LogP contribution in [0.2, 0.25) is 0 Å². The number of aliphatic hydroxyl groups is 1. The molecule has 2 aromatic carbocycles. The summed E-state index contributed by atoms with van der Waals surface area (Å²) < 4.78 is 29.4. The summed E-state index contributed by atoms with van der Waals surface area (Å²) in [5.74, 6) is -1.38. The Bertz CT molecular complexity index is 751. The van der Waals surface area contributed by atoms with Gasteiger partial charge in [0.2, 0.25) is 0 Å². The average molecular weight is 360 g/mol. The summed E-state index contributed by atoms with van der Waals surface area (Å²) in [5.41, 5.74) is 0.557. The summed E-state index contributed by atoms with van der Waals surface area (Å²) in [6.07, 6.45) is -6.20. The molecule has 0 amide bonds. The van der Waals surface area contributed by atoms with Crippen LogP contribution >= 0.6 is 0 Å². The number of hydrogen-bond acceptors (Lipinski definition) is 6. The molecule has 1 saturated heterocycles. The maximum atomic E-state index is 14.2. The molecule has 1 fully saturated rings. The summed E-state index contributed by atoms with van der Waals surface area (Å²) in [6, 6.07) is 16.3. The third-order valence-electron chi connectivity index (χ3n) is 3.91. The van der Waals surface area contributed by atoms with Crippen LogP contribution in [0.25, 0.3) is 0 Å². The van der Waals surface area contributed by atoms with Crippen LogP contribution in [0, 0.1) is 0 Å². The Hall–Kier alpha value is -2.77. The van der Waals surface area contributed by atoms with Crippen LogP contribution in [-0.4, -0.2) is 48.3 Å². The van der Waals surface area contributed by atoms with Crippen LogP contribution in [0.3, 0.4) is 0 Å². The number of carbonyl (C=O) groups is 2. The van der Waals surface area contributed by atoms with Crippen molar-refractivity contribution in [1.82, 2.24) is 0 Å². The van der Waals surface area contributed by atoms with Gasteiger partial charge in [0.1, 0.15) is 12.7 Å². The van der Waals surface area contributed by atoms with Crippen molar-refractivity contribution in [2.45, 2.75) is 24.7 Å². The molecule has 0 aromatic heterocycles. The number of halogens is 1. The first-order valence-corrected chi connectivity index (χ1v) is 8.02. The van der Waals surface area contributed by atoms with Crippen molar-refractivity contribution in [2.24, 2.45) is 0 Å². The molecule has 7 heteroatoms. The van der Waals surface area contributed by atoms with E-state index >= 15 is 0 Å². The van der Waals surface area contributed by atoms with E-state index in [-0.39, 0.29) is 12.2 Å². The highest BCUT2D eigenvalue weighted by molar-refractivity contribution is 5.90. The fraction of sp³-hybridized carbons (Fsp3) is 0.263. The molecule has 1 heterocycles. The second kappa shape index (κ2) is 8.07. The predicted octanol–water partition coefficient (Wildman–Crippen LogP) is 2.12. The standard InChI is InChI=1S/C19H17FO6/c20-15-16(26-18(22)13-9-5-2-6-10-13)14(25-19(15)23)11-24-17(21)12-7-3-1-4-8-12/h1-10,14-16,19,23H,11H2/t14?,15?,16-,19+/m1/s1. The zero-order valence-corrected chi connectivity index (χ0v) is 13.7. The number of benzene rings is 2. The van der Waals surface area contributed by atoms with Gasteiger partial charge in [-0.15, -0.1) is 0 Å². The molecule has 6 nitrogen and oxygen atoms in total. The van der Waals surface area contributed by atoms with Crippen LogP contribution in [0.5, 0.6) is 0 Å². The smallest absolute Gasteiger partial charge is 0.338 e. The van der Waals surface area contributed by atoms with Gasteiger partial charge in [0.05, 0.1) is 11.1 Å². The molecule has 0 spiro atoms. The number of aliphatic hydroxyl groups excluding tert-OH is 1. The molecular formula is C19H17FO6. The first-order chi connectivity index (χ1) is 12.6. The SMILES string of the molecule is O=C(OCC1O[C@H](O)C(F)[C@@H]1OC(=O)c1ccccc1)c1ccccc1. The summed E-state index contributed by atoms with van der Waals surface area (Å²) in [6.45, 7) is -0.363. The third kappa shape index (κ3) is 4.07. The zero-order valence-electron chi connectivity index (χ0n) is 13.7. The van der Waals surface area contributed by atoms with Gasteiger partial charge in [-0.1, -0.05) is 36.4 Å². The lowest BCUT2D eigenvalue weighted by Crippen LogP contribution is -2.37. The summed E-state index contributed by atoms with van der Waals surface area (Å²) in [4.78, 5) is 24.1. The highest BCUT2D eigenvalue weighted by Gasteiger charge is 2.47. The third-order valence-corrected chi connectivity index (χ3v) is 3.91. The van der Waals surface area contributed by atoms with E-state index in [9.17, 15) is 19.1 Å². The lowest BCUT2D eigenvalue weighted by Gasteiger charge is -2.19. The molecule has 1 N–H and O–H groups in total. The number of carbonyl (C=O) groups excluding carboxylic acids is 2. The number of esters is 2. The number of alkyl halides is 1. The van der Waals surface area contributed by atoms with Crippen molar-refractivity contribution in [3.63, 3.8) is 0 Å². The monoisotopic (exact) mass is 360 g/mol. The van der Waals surface area contributed by atoms with Gasteiger partial charge in [0.25, 0.3) is 0 Å². The Balaban J connectivity index is 1.63. The van der Waals surface area contributed by atoms with Gasteiger partial charge in [-0.05, 0) is 24.3 Å². The Morgan fingerprint density at radius 2 is 1.50 bits per heavy atom. The van der Waals surface area contributed by atoms with Crippen molar-refractivity contribution in [3.8, 4) is 0 Å². The minimum Gasteiger partial charge on any atom is -0.459 e. The lowest BCUT2D eigenvalue weighted by molar-refractivity contribution is -0.122. The first kappa shape index (κ1) is 18.0. The van der Waals surface area contributed by atoms with Gasteiger partial charge in [0.15, 0.2) is 18.6 Å². The fourth-order valence-electron chi connectivity index (χ4n) is 2.56. The number of ether oxygens (including phenoxy) is 3. The second-order valence-electron chi connectivity index (χ2n) is 5.71. The molecule has 136 valence electrons. The molecule has 26 heavy (non-hydrogen) atoms. The summed E-state index contributed by atoms with van der Waals surface area (Å²) in [5, 5.41) is 9.58. The van der Waals surface area contributed by atoms with Gasteiger partial charge in [-0.2, -0.15) is 0 Å². The molecule has 0 bridgehead atoms. The highest BCUT2D eigenvalue weighted by atomic mass is 19.1. The predicted molar refractivity (Wildman–Crippen MR) is 88.1 cm³/mol. The maximum Gasteiger partial charge on any atom is 0.338 e. The average Bonchev–Trinajstić information content (AvgIpc) is 2.95. The minimum atomic E-state index is -1.94. The van der Waals surface area contributed by atoms with Crippen LogP contribution in [-0.2, 0) is 14.2 Å². The molecule has 1 aliphatic rings. The molecule has 0 radical (unpaired) electrons. The van der Waals surface area contributed by atoms with Crippen LogP contribution in [0.15, 0.2) is 60.7 Å². The molecule has 3 rings (SSSR count).